The molecule has 3 nitrogen and oxygen atoms in total. The predicted molar refractivity (Wildman–Crippen MR) is 64.2 cm³/mol. The fourth-order valence-electron chi connectivity index (χ4n) is 2.07. The highest BCUT2D eigenvalue weighted by Crippen LogP contribution is 2.11. The van der Waals surface area contributed by atoms with E-state index in [4.69, 9.17) is 4.74 Å². The van der Waals surface area contributed by atoms with Crippen LogP contribution in [0, 0.1) is 0 Å². The summed E-state index contributed by atoms with van der Waals surface area (Å²) in [6.45, 7) is 14.9. The standard InChI is InChI=1S/C12H26N2O/c1-10-8-13-9-11(2)14(10)6-7-15-12(3,4)5/h10-11,13H,6-9H2,1-5H3. The molecule has 3 heteroatoms. The summed E-state index contributed by atoms with van der Waals surface area (Å²) in [4.78, 5) is 2.53. The van der Waals surface area contributed by atoms with Crippen LogP contribution in [0.3, 0.4) is 0 Å². The summed E-state index contributed by atoms with van der Waals surface area (Å²) < 4.78 is 5.77. The highest BCUT2D eigenvalue weighted by molar-refractivity contribution is 4.82. The summed E-state index contributed by atoms with van der Waals surface area (Å²) >= 11 is 0. The van der Waals surface area contributed by atoms with Gasteiger partial charge in [-0.05, 0) is 34.6 Å². The molecule has 1 saturated heterocycles. The van der Waals surface area contributed by atoms with Gasteiger partial charge >= 0.3 is 0 Å². The van der Waals surface area contributed by atoms with Gasteiger partial charge in [0.05, 0.1) is 12.2 Å². The molecule has 0 radical (unpaired) electrons. The second-order valence-electron chi connectivity index (χ2n) is 5.55. The highest BCUT2D eigenvalue weighted by atomic mass is 16.5. The van der Waals surface area contributed by atoms with E-state index in [-0.39, 0.29) is 5.60 Å². The molecule has 0 spiro atoms. The zero-order chi connectivity index (χ0) is 11.5. The second kappa shape index (κ2) is 5.28. The Kier molecular flexibility index (Phi) is 4.56. The Morgan fingerprint density at radius 1 is 1.20 bits per heavy atom. The maximum absolute atomic E-state index is 5.77. The highest BCUT2D eigenvalue weighted by Gasteiger charge is 2.24. The number of rotatable bonds is 3. The lowest BCUT2D eigenvalue weighted by Crippen LogP contribution is -2.55. The van der Waals surface area contributed by atoms with Crippen LogP contribution >= 0.6 is 0 Å². The van der Waals surface area contributed by atoms with Crippen molar-refractivity contribution in [1.82, 2.24) is 10.2 Å². The molecule has 1 rings (SSSR count). The summed E-state index contributed by atoms with van der Waals surface area (Å²) in [7, 11) is 0. The average Bonchev–Trinajstić information content (AvgIpc) is 2.08. The SMILES string of the molecule is CC1CNCC(C)N1CCOC(C)(C)C. The summed E-state index contributed by atoms with van der Waals surface area (Å²) in [6, 6.07) is 1.25. The van der Waals surface area contributed by atoms with Gasteiger partial charge in [-0.25, -0.2) is 0 Å². The molecule has 1 fully saturated rings. The third-order valence-corrected chi connectivity index (χ3v) is 2.90. The van der Waals surface area contributed by atoms with Gasteiger partial charge in [0.15, 0.2) is 0 Å². The predicted octanol–water partition coefficient (Wildman–Crippen LogP) is 1.48. The minimum absolute atomic E-state index is 0.0134. The second-order valence-corrected chi connectivity index (χ2v) is 5.55. The topological polar surface area (TPSA) is 24.5 Å². The molecule has 1 N–H and O–H groups in total. The molecule has 0 amide bonds. The van der Waals surface area contributed by atoms with Crippen LogP contribution in [0.4, 0.5) is 0 Å². The van der Waals surface area contributed by atoms with E-state index in [1.807, 2.05) is 0 Å². The van der Waals surface area contributed by atoms with Crippen molar-refractivity contribution in [2.24, 2.45) is 0 Å². The summed E-state index contributed by atoms with van der Waals surface area (Å²) in [5.41, 5.74) is -0.0134. The number of nitrogens with zero attached hydrogens (tertiary/aromatic N) is 1. The molecule has 1 heterocycles. The van der Waals surface area contributed by atoms with E-state index in [0.29, 0.717) is 12.1 Å². The van der Waals surface area contributed by atoms with Crippen molar-refractivity contribution >= 4 is 0 Å². The van der Waals surface area contributed by atoms with Gasteiger partial charge < -0.3 is 10.1 Å². The zero-order valence-corrected chi connectivity index (χ0v) is 10.8. The number of piperazine rings is 1. The lowest BCUT2D eigenvalue weighted by Gasteiger charge is -2.39. The fourth-order valence-corrected chi connectivity index (χ4v) is 2.07. The Labute approximate surface area is 94.2 Å². The number of hydrogen-bond donors (Lipinski definition) is 1. The zero-order valence-electron chi connectivity index (χ0n) is 10.8. The third-order valence-electron chi connectivity index (χ3n) is 2.90. The van der Waals surface area contributed by atoms with Gasteiger partial charge in [0.1, 0.15) is 0 Å². The monoisotopic (exact) mass is 214 g/mol. The van der Waals surface area contributed by atoms with Crippen LogP contribution in [0.15, 0.2) is 0 Å². The fraction of sp³-hybridized carbons (Fsp3) is 1.00. The van der Waals surface area contributed by atoms with Crippen LogP contribution in [0.1, 0.15) is 34.6 Å². The first-order valence-corrected chi connectivity index (χ1v) is 6.00. The minimum Gasteiger partial charge on any atom is -0.375 e. The molecule has 1 aliphatic rings. The molecular weight excluding hydrogens is 188 g/mol. The number of hydrogen-bond acceptors (Lipinski definition) is 3. The van der Waals surface area contributed by atoms with Gasteiger partial charge in [-0.15, -0.1) is 0 Å². The molecule has 1 aliphatic heterocycles. The molecular formula is C12H26N2O. The van der Waals surface area contributed by atoms with Gasteiger partial charge in [-0.3, -0.25) is 4.90 Å². The number of nitrogens with one attached hydrogen (secondary N) is 1. The van der Waals surface area contributed by atoms with Crippen molar-refractivity contribution in [3.63, 3.8) is 0 Å². The first kappa shape index (κ1) is 12.9. The largest absolute Gasteiger partial charge is 0.375 e. The quantitative estimate of drug-likeness (QED) is 0.770. The van der Waals surface area contributed by atoms with Crippen molar-refractivity contribution in [2.75, 3.05) is 26.2 Å². The maximum atomic E-state index is 5.77. The molecule has 0 aromatic rings. The Morgan fingerprint density at radius 2 is 1.73 bits per heavy atom. The van der Waals surface area contributed by atoms with Crippen molar-refractivity contribution < 1.29 is 4.74 Å². The van der Waals surface area contributed by atoms with E-state index in [2.05, 4.69) is 44.8 Å². The van der Waals surface area contributed by atoms with Crippen LogP contribution in [0.25, 0.3) is 0 Å². The summed E-state index contributed by atoms with van der Waals surface area (Å²) in [5, 5.41) is 3.44. The minimum atomic E-state index is -0.0134. The Bertz CT molecular complexity index is 179. The molecule has 2 atom stereocenters. The lowest BCUT2D eigenvalue weighted by molar-refractivity contribution is -0.0253. The first-order valence-electron chi connectivity index (χ1n) is 6.00. The molecule has 90 valence electrons. The van der Waals surface area contributed by atoms with Gasteiger partial charge in [0, 0.05) is 31.7 Å². The molecule has 0 saturated carbocycles. The van der Waals surface area contributed by atoms with E-state index < -0.39 is 0 Å². The molecule has 0 bridgehead atoms. The van der Waals surface area contributed by atoms with Gasteiger partial charge in [0.25, 0.3) is 0 Å². The van der Waals surface area contributed by atoms with E-state index in [1.165, 1.54) is 0 Å². The third kappa shape index (κ3) is 4.49. The number of ether oxygens (including phenoxy) is 1. The summed E-state index contributed by atoms with van der Waals surface area (Å²) in [5.74, 6) is 0. The normalized spacial score (nSPS) is 29.4. The van der Waals surface area contributed by atoms with Crippen LogP contribution in [0.5, 0.6) is 0 Å². The van der Waals surface area contributed by atoms with Gasteiger partial charge in [0.2, 0.25) is 0 Å². The first-order chi connectivity index (χ1) is 6.90. The molecule has 2 unspecified atom stereocenters. The average molecular weight is 214 g/mol. The van der Waals surface area contributed by atoms with Crippen LogP contribution in [0.2, 0.25) is 0 Å². The van der Waals surface area contributed by atoms with Crippen molar-refractivity contribution in [2.45, 2.75) is 52.3 Å². The molecule has 0 aliphatic carbocycles. The van der Waals surface area contributed by atoms with E-state index >= 15 is 0 Å². The van der Waals surface area contributed by atoms with Crippen molar-refractivity contribution in [3.8, 4) is 0 Å². The van der Waals surface area contributed by atoms with Gasteiger partial charge in [-0.1, -0.05) is 0 Å². The van der Waals surface area contributed by atoms with E-state index in [0.717, 1.165) is 26.2 Å². The Hall–Kier alpha value is -0.120. The Balaban J connectivity index is 2.29. The molecule has 0 aromatic carbocycles. The maximum Gasteiger partial charge on any atom is 0.0600 e. The van der Waals surface area contributed by atoms with Crippen molar-refractivity contribution in [3.05, 3.63) is 0 Å². The van der Waals surface area contributed by atoms with E-state index in [9.17, 15) is 0 Å². The summed E-state index contributed by atoms with van der Waals surface area (Å²) in [6.07, 6.45) is 0. The van der Waals surface area contributed by atoms with Crippen LogP contribution < -0.4 is 5.32 Å². The Morgan fingerprint density at radius 3 is 2.20 bits per heavy atom. The van der Waals surface area contributed by atoms with Crippen LogP contribution in [-0.4, -0.2) is 48.8 Å². The van der Waals surface area contributed by atoms with Gasteiger partial charge in [-0.2, -0.15) is 0 Å². The smallest absolute Gasteiger partial charge is 0.0600 e. The molecule has 15 heavy (non-hydrogen) atoms. The molecule has 0 aromatic heterocycles. The lowest BCUT2D eigenvalue weighted by atomic mass is 10.1. The van der Waals surface area contributed by atoms with Crippen LogP contribution in [-0.2, 0) is 4.74 Å². The van der Waals surface area contributed by atoms with E-state index in [1.54, 1.807) is 0 Å². The van der Waals surface area contributed by atoms with Crippen molar-refractivity contribution in [1.29, 1.82) is 0 Å².